The fraction of sp³-hybridized carbons (Fsp3) is 0.235. The fourth-order valence-electron chi connectivity index (χ4n) is 2.15. The summed E-state index contributed by atoms with van der Waals surface area (Å²) in [5, 5.41) is 23.5. The second-order valence-corrected chi connectivity index (χ2v) is 7.00. The second kappa shape index (κ2) is 9.67. The molecule has 10 nitrogen and oxygen atoms in total. The lowest BCUT2D eigenvalue weighted by atomic mass is 10.1. The molecule has 148 valence electrons. The van der Waals surface area contributed by atoms with E-state index in [2.05, 4.69) is 20.4 Å². The summed E-state index contributed by atoms with van der Waals surface area (Å²) in [4.78, 5) is 32.9. The van der Waals surface area contributed by atoms with E-state index < -0.39 is 22.9 Å². The number of anilines is 1. The Bertz CT molecular complexity index is 939. The molecule has 0 fully saturated rings. The van der Waals surface area contributed by atoms with E-state index in [1.54, 1.807) is 24.3 Å². The van der Waals surface area contributed by atoms with Crippen LogP contribution in [0.5, 0.6) is 5.88 Å². The number of thioether (sulfide) groups is 1. The van der Waals surface area contributed by atoms with E-state index in [0.717, 1.165) is 12.8 Å². The standard InChI is InChI=1S/C17H21N7O3S/c1-24(2)7-8-28-17-21-15(26)13(16(27)22-17)14(25)20-11-5-3-10(4-6-11)12(9-18)23-19/h3-6,9,18H,7-8,19H2,1-2H3,(H,20,25)(H2,21,22,26,27). The summed E-state index contributed by atoms with van der Waals surface area (Å²) in [5.74, 6) is 4.43. The minimum atomic E-state index is -0.788. The summed E-state index contributed by atoms with van der Waals surface area (Å²) in [6.07, 6.45) is 1.01. The molecule has 0 atom stereocenters. The van der Waals surface area contributed by atoms with Crippen LogP contribution in [0.15, 0.2) is 39.3 Å². The maximum atomic E-state index is 12.4. The highest BCUT2D eigenvalue weighted by molar-refractivity contribution is 7.99. The van der Waals surface area contributed by atoms with Gasteiger partial charge < -0.3 is 31.6 Å². The number of H-pyrrole nitrogens is 1. The third-order valence-corrected chi connectivity index (χ3v) is 4.45. The average Bonchev–Trinajstić information content (AvgIpc) is 2.63. The molecule has 0 bridgehead atoms. The fourth-order valence-corrected chi connectivity index (χ4v) is 3.12. The molecule has 6 N–H and O–H groups in total. The third kappa shape index (κ3) is 5.41. The number of aromatic nitrogens is 2. The number of carbonyl (C=O) groups excluding carboxylic acids is 1. The minimum Gasteiger partial charge on any atom is -0.493 e. The summed E-state index contributed by atoms with van der Waals surface area (Å²) in [5.41, 5.74) is 0.0638. The largest absolute Gasteiger partial charge is 0.493 e. The number of nitrogens with zero attached hydrogens (tertiary/aromatic N) is 3. The van der Waals surface area contributed by atoms with Crippen molar-refractivity contribution in [2.75, 3.05) is 31.7 Å². The first-order valence-corrected chi connectivity index (χ1v) is 9.15. The lowest BCUT2D eigenvalue weighted by Gasteiger charge is -2.09. The van der Waals surface area contributed by atoms with Crippen LogP contribution in [0.4, 0.5) is 5.69 Å². The molecule has 0 spiro atoms. The van der Waals surface area contributed by atoms with Gasteiger partial charge in [-0.1, -0.05) is 23.9 Å². The Kier molecular flexibility index (Phi) is 7.29. The average molecular weight is 403 g/mol. The number of amides is 1. The van der Waals surface area contributed by atoms with Gasteiger partial charge in [0.05, 0.1) is 0 Å². The van der Waals surface area contributed by atoms with E-state index in [-0.39, 0.29) is 10.9 Å². The minimum absolute atomic E-state index is 0.241. The Balaban J connectivity index is 2.13. The molecule has 0 saturated heterocycles. The van der Waals surface area contributed by atoms with Gasteiger partial charge in [-0.2, -0.15) is 10.1 Å². The lowest BCUT2D eigenvalue weighted by Crippen LogP contribution is -2.24. The van der Waals surface area contributed by atoms with Crippen LogP contribution in [0.25, 0.3) is 0 Å². The van der Waals surface area contributed by atoms with Crippen LogP contribution in [-0.4, -0.2) is 64.2 Å². The Hall–Kier alpha value is -3.18. The van der Waals surface area contributed by atoms with E-state index in [1.165, 1.54) is 11.8 Å². The zero-order chi connectivity index (χ0) is 20.7. The first-order valence-electron chi connectivity index (χ1n) is 8.16. The van der Waals surface area contributed by atoms with Gasteiger partial charge in [-0.05, 0) is 26.2 Å². The predicted molar refractivity (Wildman–Crippen MR) is 110 cm³/mol. The van der Waals surface area contributed by atoms with Crippen LogP contribution in [0, 0.1) is 5.41 Å². The molecule has 1 heterocycles. The molecule has 1 aromatic carbocycles. The van der Waals surface area contributed by atoms with Crippen LogP contribution in [0.2, 0.25) is 0 Å². The molecular weight excluding hydrogens is 382 g/mol. The van der Waals surface area contributed by atoms with Crippen LogP contribution >= 0.6 is 11.8 Å². The van der Waals surface area contributed by atoms with Crippen LogP contribution in [0.1, 0.15) is 15.9 Å². The first kappa shape index (κ1) is 21.1. The number of hydrogen-bond donors (Lipinski definition) is 5. The monoisotopic (exact) mass is 403 g/mol. The van der Waals surface area contributed by atoms with E-state index in [0.29, 0.717) is 17.0 Å². The molecule has 2 aromatic rings. The summed E-state index contributed by atoms with van der Waals surface area (Å²) in [6.45, 7) is 0.766. The Labute approximate surface area is 165 Å². The van der Waals surface area contributed by atoms with Crippen molar-refractivity contribution in [2.45, 2.75) is 5.16 Å². The van der Waals surface area contributed by atoms with Crippen LogP contribution in [-0.2, 0) is 0 Å². The van der Waals surface area contributed by atoms with Crippen molar-refractivity contribution >= 4 is 35.3 Å². The predicted octanol–water partition coefficient (Wildman–Crippen LogP) is 0.694. The Morgan fingerprint density at radius 2 is 2.11 bits per heavy atom. The van der Waals surface area contributed by atoms with Gasteiger partial charge >= 0.3 is 0 Å². The van der Waals surface area contributed by atoms with Gasteiger partial charge in [0.25, 0.3) is 11.5 Å². The van der Waals surface area contributed by atoms with Gasteiger partial charge in [0, 0.05) is 29.8 Å². The van der Waals surface area contributed by atoms with Crippen molar-refractivity contribution < 1.29 is 9.90 Å². The van der Waals surface area contributed by atoms with Crippen molar-refractivity contribution in [3.05, 3.63) is 45.7 Å². The van der Waals surface area contributed by atoms with E-state index in [9.17, 15) is 14.7 Å². The van der Waals surface area contributed by atoms with Crippen molar-refractivity contribution in [1.29, 1.82) is 5.41 Å². The highest BCUT2D eigenvalue weighted by Crippen LogP contribution is 2.18. The van der Waals surface area contributed by atoms with Gasteiger partial charge in [-0.15, -0.1) is 0 Å². The Morgan fingerprint density at radius 1 is 1.43 bits per heavy atom. The Morgan fingerprint density at radius 3 is 2.64 bits per heavy atom. The number of rotatable bonds is 8. The number of hydrogen-bond acceptors (Lipinski definition) is 9. The molecule has 0 saturated carbocycles. The van der Waals surface area contributed by atoms with Gasteiger partial charge in [-0.3, -0.25) is 9.59 Å². The molecule has 0 aliphatic heterocycles. The normalized spacial score (nSPS) is 11.5. The first-order chi connectivity index (χ1) is 13.3. The van der Waals surface area contributed by atoms with Gasteiger partial charge in [0.1, 0.15) is 5.71 Å². The van der Waals surface area contributed by atoms with Crippen molar-refractivity contribution in [3.63, 3.8) is 0 Å². The number of benzene rings is 1. The van der Waals surface area contributed by atoms with Crippen LogP contribution < -0.4 is 16.7 Å². The number of aromatic hydroxyl groups is 1. The number of nitrogens with one attached hydrogen (secondary N) is 3. The maximum absolute atomic E-state index is 12.4. The van der Waals surface area contributed by atoms with Crippen LogP contribution in [0.3, 0.4) is 0 Å². The lowest BCUT2D eigenvalue weighted by molar-refractivity contribution is 0.102. The smallest absolute Gasteiger partial charge is 0.268 e. The number of hydrazone groups is 1. The SMILES string of the molecule is CN(C)CCSc1nc(O)c(C(=O)Nc2ccc(C(C=N)=NN)cc2)c(=O)[nH]1. The second-order valence-electron chi connectivity index (χ2n) is 5.91. The highest BCUT2D eigenvalue weighted by atomic mass is 32.2. The maximum Gasteiger partial charge on any atom is 0.268 e. The quantitative estimate of drug-likeness (QED) is 0.142. The molecule has 2 rings (SSSR count). The molecule has 0 radical (unpaired) electrons. The highest BCUT2D eigenvalue weighted by Gasteiger charge is 2.19. The zero-order valence-corrected chi connectivity index (χ0v) is 16.2. The van der Waals surface area contributed by atoms with Crippen molar-refractivity contribution in [2.24, 2.45) is 10.9 Å². The molecule has 1 amide bonds. The summed E-state index contributed by atoms with van der Waals surface area (Å²) in [7, 11) is 3.84. The third-order valence-electron chi connectivity index (χ3n) is 3.60. The van der Waals surface area contributed by atoms with Gasteiger partial charge in [-0.25, -0.2) is 0 Å². The number of nitrogens with two attached hydrogens (primary N) is 1. The molecule has 0 aliphatic rings. The molecule has 0 unspecified atom stereocenters. The molecule has 1 aromatic heterocycles. The van der Waals surface area contributed by atoms with Crippen molar-refractivity contribution in [3.8, 4) is 5.88 Å². The van der Waals surface area contributed by atoms with E-state index in [1.807, 2.05) is 19.0 Å². The molecule has 28 heavy (non-hydrogen) atoms. The molecular formula is C17H21N7O3S. The molecule has 11 heteroatoms. The number of aromatic amines is 1. The summed E-state index contributed by atoms with van der Waals surface area (Å²) < 4.78 is 0. The summed E-state index contributed by atoms with van der Waals surface area (Å²) >= 11 is 1.27. The van der Waals surface area contributed by atoms with E-state index >= 15 is 0 Å². The number of carbonyl (C=O) groups is 1. The zero-order valence-electron chi connectivity index (χ0n) is 15.4. The van der Waals surface area contributed by atoms with E-state index in [4.69, 9.17) is 11.3 Å². The van der Waals surface area contributed by atoms with Gasteiger partial charge in [0.2, 0.25) is 5.88 Å². The van der Waals surface area contributed by atoms with Gasteiger partial charge in [0.15, 0.2) is 10.7 Å². The topological polar surface area (TPSA) is 161 Å². The summed E-state index contributed by atoms with van der Waals surface area (Å²) in [6, 6.07) is 6.34. The molecule has 0 aliphatic carbocycles. The van der Waals surface area contributed by atoms with Crippen molar-refractivity contribution in [1.82, 2.24) is 14.9 Å².